The second-order valence-electron chi connectivity index (χ2n) is 5.16. The molecule has 1 amide bonds. The molecule has 0 spiro atoms. The van der Waals surface area contributed by atoms with Crippen molar-refractivity contribution >= 4 is 5.91 Å². The summed E-state index contributed by atoms with van der Waals surface area (Å²) in [6, 6.07) is 3.55. The van der Waals surface area contributed by atoms with Crippen molar-refractivity contribution in [2.75, 3.05) is 34.5 Å². The van der Waals surface area contributed by atoms with Crippen LogP contribution < -0.4 is 0 Å². The van der Waals surface area contributed by atoms with Crippen LogP contribution in [0.5, 0.6) is 0 Å². The molecule has 1 aromatic rings. The molecule has 118 valence electrons. The van der Waals surface area contributed by atoms with Crippen molar-refractivity contribution in [2.45, 2.75) is 31.1 Å². The first kappa shape index (κ1) is 16.0. The number of methoxy groups -OCH3 is 2. The van der Waals surface area contributed by atoms with Crippen LogP contribution in [0.3, 0.4) is 0 Å². The van der Waals surface area contributed by atoms with E-state index in [1.54, 1.807) is 32.4 Å². The summed E-state index contributed by atoms with van der Waals surface area (Å²) in [5.74, 6) is 0.855. The predicted octanol–water partition coefficient (Wildman–Crippen LogP) is 1.10. The summed E-state index contributed by atoms with van der Waals surface area (Å²) in [5, 5.41) is 0. The zero-order chi connectivity index (χ0) is 15.2. The van der Waals surface area contributed by atoms with Gasteiger partial charge in [0.05, 0.1) is 25.5 Å². The van der Waals surface area contributed by atoms with Crippen molar-refractivity contribution in [3.05, 3.63) is 24.2 Å². The molecule has 2 heterocycles. The summed E-state index contributed by atoms with van der Waals surface area (Å²) >= 11 is 0. The molecule has 0 bridgehead atoms. The molecular formula is C15H23NO5. The lowest BCUT2D eigenvalue weighted by Gasteiger charge is -2.40. The molecule has 0 N–H and O–H groups in total. The van der Waals surface area contributed by atoms with E-state index in [0.717, 1.165) is 5.76 Å². The van der Waals surface area contributed by atoms with Crippen LogP contribution in [0.4, 0.5) is 0 Å². The van der Waals surface area contributed by atoms with Crippen molar-refractivity contribution in [1.82, 2.24) is 4.90 Å². The maximum Gasteiger partial charge on any atom is 0.223 e. The number of nitrogens with zero attached hydrogens (tertiary/aromatic N) is 1. The second kappa shape index (κ2) is 7.59. The lowest BCUT2D eigenvalue weighted by molar-refractivity contribution is -0.164. The molecule has 3 atom stereocenters. The molecule has 21 heavy (non-hydrogen) atoms. The molecule has 0 unspecified atom stereocenters. The molecule has 0 saturated carbocycles. The van der Waals surface area contributed by atoms with Gasteiger partial charge < -0.3 is 23.5 Å². The zero-order valence-electron chi connectivity index (χ0n) is 12.8. The number of ether oxygens (including phenoxy) is 3. The summed E-state index contributed by atoms with van der Waals surface area (Å²) in [6.07, 6.45) is 2.27. The topological polar surface area (TPSA) is 61.1 Å². The Morgan fingerprint density at radius 3 is 2.81 bits per heavy atom. The molecule has 0 aliphatic carbocycles. The quantitative estimate of drug-likeness (QED) is 0.787. The highest BCUT2D eigenvalue weighted by molar-refractivity contribution is 5.76. The summed E-state index contributed by atoms with van der Waals surface area (Å²) in [6.45, 7) is 0.946. The fraction of sp³-hybridized carbons (Fsp3) is 0.667. The van der Waals surface area contributed by atoms with Crippen LogP contribution in [0.15, 0.2) is 22.8 Å². The molecule has 1 saturated heterocycles. The van der Waals surface area contributed by atoms with Gasteiger partial charge >= 0.3 is 0 Å². The van der Waals surface area contributed by atoms with Crippen LogP contribution in [0.25, 0.3) is 0 Å². The van der Waals surface area contributed by atoms with E-state index >= 15 is 0 Å². The van der Waals surface area contributed by atoms with Crippen LogP contribution in [-0.4, -0.2) is 63.5 Å². The molecule has 0 aromatic carbocycles. The maximum absolute atomic E-state index is 12.3. The number of carbonyl (C=O) groups is 1. The molecular weight excluding hydrogens is 274 g/mol. The second-order valence-corrected chi connectivity index (χ2v) is 5.16. The van der Waals surface area contributed by atoms with Gasteiger partial charge in [-0.3, -0.25) is 4.79 Å². The number of aryl methyl sites for hydroxylation is 1. The van der Waals surface area contributed by atoms with E-state index in [4.69, 9.17) is 18.6 Å². The van der Waals surface area contributed by atoms with E-state index in [0.29, 0.717) is 26.1 Å². The third-order valence-electron chi connectivity index (χ3n) is 3.95. The number of amides is 1. The number of hydrogen-bond donors (Lipinski definition) is 0. The summed E-state index contributed by atoms with van der Waals surface area (Å²) in [7, 11) is 5.04. The average molecular weight is 297 g/mol. The van der Waals surface area contributed by atoms with Gasteiger partial charge in [-0.1, -0.05) is 0 Å². The lowest BCUT2D eigenvalue weighted by Crippen LogP contribution is -2.57. The molecule has 1 aromatic heterocycles. The van der Waals surface area contributed by atoms with Gasteiger partial charge in [-0.05, 0) is 12.1 Å². The summed E-state index contributed by atoms with van der Waals surface area (Å²) in [4.78, 5) is 14.0. The Labute approximate surface area is 124 Å². The van der Waals surface area contributed by atoms with Gasteiger partial charge in [0, 0.05) is 34.1 Å². The van der Waals surface area contributed by atoms with E-state index in [9.17, 15) is 4.79 Å². The summed E-state index contributed by atoms with van der Waals surface area (Å²) < 4.78 is 21.6. The molecule has 1 aliphatic rings. The SMILES string of the molecule is CO[C@H]1[C@H](N(C)C(=O)CCc2ccco2)COC[C@H]1OC. The van der Waals surface area contributed by atoms with Gasteiger partial charge in [0.15, 0.2) is 0 Å². The molecule has 6 nitrogen and oxygen atoms in total. The monoisotopic (exact) mass is 297 g/mol. The number of carbonyl (C=O) groups excluding carboxylic acids is 1. The van der Waals surface area contributed by atoms with E-state index in [1.807, 2.05) is 12.1 Å². The Morgan fingerprint density at radius 1 is 1.38 bits per heavy atom. The minimum absolute atomic E-state index is 0.0406. The van der Waals surface area contributed by atoms with Crippen LogP contribution in [-0.2, 0) is 25.4 Å². The molecule has 6 heteroatoms. The van der Waals surface area contributed by atoms with E-state index in [-0.39, 0.29) is 24.2 Å². The van der Waals surface area contributed by atoms with Crippen LogP contribution >= 0.6 is 0 Å². The average Bonchev–Trinajstić information content (AvgIpc) is 3.04. The highest BCUT2D eigenvalue weighted by Crippen LogP contribution is 2.19. The number of hydrogen-bond acceptors (Lipinski definition) is 5. The van der Waals surface area contributed by atoms with E-state index in [2.05, 4.69) is 0 Å². The first-order chi connectivity index (χ1) is 10.2. The van der Waals surface area contributed by atoms with Gasteiger partial charge in [0.25, 0.3) is 0 Å². The van der Waals surface area contributed by atoms with Gasteiger partial charge in [0.2, 0.25) is 5.91 Å². The van der Waals surface area contributed by atoms with Crippen molar-refractivity contribution in [2.24, 2.45) is 0 Å². The third kappa shape index (κ3) is 3.84. The minimum Gasteiger partial charge on any atom is -0.469 e. The maximum atomic E-state index is 12.3. The van der Waals surface area contributed by atoms with Gasteiger partial charge in [-0.2, -0.15) is 0 Å². The smallest absolute Gasteiger partial charge is 0.223 e. The first-order valence-corrected chi connectivity index (χ1v) is 7.08. The fourth-order valence-electron chi connectivity index (χ4n) is 2.63. The Balaban J connectivity index is 1.93. The number of rotatable bonds is 6. The van der Waals surface area contributed by atoms with E-state index in [1.165, 1.54) is 0 Å². The first-order valence-electron chi connectivity index (χ1n) is 7.08. The highest BCUT2D eigenvalue weighted by atomic mass is 16.6. The predicted molar refractivity (Wildman–Crippen MR) is 76.0 cm³/mol. The zero-order valence-corrected chi connectivity index (χ0v) is 12.8. The van der Waals surface area contributed by atoms with Gasteiger partial charge in [-0.15, -0.1) is 0 Å². The molecule has 1 fully saturated rings. The van der Waals surface area contributed by atoms with Crippen molar-refractivity contribution in [3.63, 3.8) is 0 Å². The van der Waals surface area contributed by atoms with Gasteiger partial charge in [-0.25, -0.2) is 0 Å². The van der Waals surface area contributed by atoms with Crippen molar-refractivity contribution in [1.29, 1.82) is 0 Å². The number of likely N-dealkylation sites (N-methyl/N-ethyl adjacent to an activating group) is 1. The summed E-state index contributed by atoms with van der Waals surface area (Å²) in [5.41, 5.74) is 0. The standard InChI is InChI=1S/C15H23NO5/c1-16(14(17)7-6-11-5-4-8-21-11)12-9-20-10-13(18-2)15(12)19-3/h4-5,8,12-13,15H,6-7,9-10H2,1-3H3/t12-,13-,15+/m1/s1. The minimum atomic E-state index is -0.179. The Morgan fingerprint density at radius 2 is 2.19 bits per heavy atom. The Bertz CT molecular complexity index is 433. The molecule has 1 aliphatic heterocycles. The molecule has 0 radical (unpaired) electrons. The third-order valence-corrected chi connectivity index (χ3v) is 3.95. The highest BCUT2D eigenvalue weighted by Gasteiger charge is 2.38. The number of furan rings is 1. The van der Waals surface area contributed by atoms with Crippen LogP contribution in [0, 0.1) is 0 Å². The van der Waals surface area contributed by atoms with Crippen molar-refractivity contribution < 1.29 is 23.4 Å². The van der Waals surface area contributed by atoms with Gasteiger partial charge in [0.1, 0.15) is 18.0 Å². The van der Waals surface area contributed by atoms with Crippen molar-refractivity contribution in [3.8, 4) is 0 Å². The molecule has 2 rings (SSSR count). The fourth-order valence-corrected chi connectivity index (χ4v) is 2.63. The van der Waals surface area contributed by atoms with Crippen LogP contribution in [0.1, 0.15) is 12.2 Å². The van der Waals surface area contributed by atoms with Crippen LogP contribution in [0.2, 0.25) is 0 Å². The Kier molecular flexibility index (Phi) is 5.78. The van der Waals surface area contributed by atoms with E-state index < -0.39 is 0 Å². The lowest BCUT2D eigenvalue weighted by atomic mass is 10.0. The Hall–Kier alpha value is -1.37. The normalized spacial score (nSPS) is 25.8. The largest absolute Gasteiger partial charge is 0.469 e.